The standard InChI is InChI=1S/C20H22F3N3O2/c1-27-13-17(16-12-24-8-5-18(16)28-2)14-6-9-26(10-7-14)15-3-4-19(25-11-15)20(21,22)23/h3-5,8,11-14H,6-7,9-10H2,1-2H3/b17-13+. The van der Waals surface area contributed by atoms with E-state index in [-0.39, 0.29) is 5.92 Å². The van der Waals surface area contributed by atoms with Crippen molar-refractivity contribution in [2.45, 2.75) is 19.0 Å². The summed E-state index contributed by atoms with van der Waals surface area (Å²) in [6, 6.07) is 4.31. The van der Waals surface area contributed by atoms with E-state index in [9.17, 15) is 13.2 Å². The van der Waals surface area contributed by atoms with E-state index in [1.807, 2.05) is 6.07 Å². The molecule has 1 aliphatic heterocycles. The molecule has 0 spiro atoms. The second kappa shape index (κ2) is 8.50. The van der Waals surface area contributed by atoms with Crippen molar-refractivity contribution in [1.82, 2.24) is 9.97 Å². The highest BCUT2D eigenvalue weighted by Crippen LogP contribution is 2.37. The molecule has 3 heterocycles. The first-order valence-corrected chi connectivity index (χ1v) is 8.93. The number of allylic oxidation sites excluding steroid dienone is 1. The van der Waals surface area contributed by atoms with Gasteiger partial charge in [0.25, 0.3) is 0 Å². The van der Waals surface area contributed by atoms with Crippen LogP contribution in [0.3, 0.4) is 0 Å². The normalized spacial score (nSPS) is 16.2. The zero-order valence-electron chi connectivity index (χ0n) is 15.7. The summed E-state index contributed by atoms with van der Waals surface area (Å²) in [6.45, 7) is 1.42. The predicted molar refractivity (Wildman–Crippen MR) is 100.0 cm³/mol. The Labute approximate surface area is 161 Å². The third-order valence-electron chi connectivity index (χ3n) is 4.90. The first-order chi connectivity index (χ1) is 13.4. The van der Waals surface area contributed by atoms with Crippen LogP contribution in [0, 0.1) is 5.92 Å². The maximum Gasteiger partial charge on any atom is 0.433 e. The van der Waals surface area contributed by atoms with E-state index in [2.05, 4.69) is 14.9 Å². The van der Waals surface area contributed by atoms with Gasteiger partial charge in [-0.3, -0.25) is 4.98 Å². The largest absolute Gasteiger partial charge is 0.504 e. The van der Waals surface area contributed by atoms with E-state index in [1.54, 1.807) is 32.9 Å². The molecule has 28 heavy (non-hydrogen) atoms. The minimum Gasteiger partial charge on any atom is -0.504 e. The molecule has 0 unspecified atom stereocenters. The van der Waals surface area contributed by atoms with Gasteiger partial charge in [-0.2, -0.15) is 13.2 Å². The molecule has 8 heteroatoms. The van der Waals surface area contributed by atoms with Gasteiger partial charge in [0.05, 0.1) is 32.4 Å². The van der Waals surface area contributed by atoms with E-state index in [4.69, 9.17) is 9.47 Å². The van der Waals surface area contributed by atoms with Crippen LogP contribution in [-0.2, 0) is 10.9 Å². The Hall–Kier alpha value is -2.77. The number of aromatic nitrogens is 2. The number of pyridine rings is 2. The highest BCUT2D eigenvalue weighted by Gasteiger charge is 2.32. The Morgan fingerprint density at radius 3 is 2.46 bits per heavy atom. The molecule has 5 nitrogen and oxygen atoms in total. The van der Waals surface area contributed by atoms with Gasteiger partial charge in [-0.1, -0.05) is 0 Å². The van der Waals surface area contributed by atoms with Gasteiger partial charge in [0.2, 0.25) is 0 Å². The van der Waals surface area contributed by atoms with Crippen molar-refractivity contribution in [3.05, 3.63) is 54.3 Å². The van der Waals surface area contributed by atoms with Gasteiger partial charge in [0, 0.05) is 36.6 Å². The summed E-state index contributed by atoms with van der Waals surface area (Å²) in [5.74, 6) is 0.962. The lowest BCUT2D eigenvalue weighted by Crippen LogP contribution is -2.34. The summed E-state index contributed by atoms with van der Waals surface area (Å²) < 4.78 is 48.8. The van der Waals surface area contributed by atoms with Gasteiger partial charge in [0.1, 0.15) is 11.4 Å². The molecule has 1 aliphatic rings. The van der Waals surface area contributed by atoms with Crippen molar-refractivity contribution in [2.24, 2.45) is 5.92 Å². The molecule has 3 rings (SSSR count). The molecule has 0 atom stereocenters. The Kier molecular flexibility index (Phi) is 6.06. The quantitative estimate of drug-likeness (QED) is 0.705. The minimum atomic E-state index is -4.42. The monoisotopic (exact) mass is 393 g/mol. The van der Waals surface area contributed by atoms with Gasteiger partial charge >= 0.3 is 6.18 Å². The topological polar surface area (TPSA) is 47.5 Å². The molecule has 2 aromatic rings. The van der Waals surface area contributed by atoms with E-state index in [1.165, 1.54) is 12.3 Å². The molecule has 2 aromatic heterocycles. The van der Waals surface area contributed by atoms with E-state index in [0.717, 1.165) is 35.8 Å². The molecular weight excluding hydrogens is 371 g/mol. The minimum absolute atomic E-state index is 0.233. The lowest BCUT2D eigenvalue weighted by molar-refractivity contribution is -0.141. The molecule has 0 N–H and O–H groups in total. The van der Waals surface area contributed by atoms with Crippen LogP contribution in [0.2, 0.25) is 0 Å². The molecule has 0 saturated carbocycles. The number of anilines is 1. The zero-order valence-corrected chi connectivity index (χ0v) is 15.7. The van der Waals surface area contributed by atoms with Gasteiger partial charge < -0.3 is 14.4 Å². The number of hydrogen-bond acceptors (Lipinski definition) is 5. The van der Waals surface area contributed by atoms with E-state index >= 15 is 0 Å². The highest BCUT2D eigenvalue weighted by atomic mass is 19.4. The molecule has 0 bridgehead atoms. The predicted octanol–water partition coefficient (Wildman–Crippen LogP) is 4.41. The smallest absolute Gasteiger partial charge is 0.433 e. The lowest BCUT2D eigenvalue weighted by Gasteiger charge is -2.34. The van der Waals surface area contributed by atoms with Crippen molar-refractivity contribution in [3.63, 3.8) is 0 Å². The Morgan fingerprint density at radius 1 is 1.14 bits per heavy atom. The fraction of sp³-hybridized carbons (Fsp3) is 0.400. The second-order valence-corrected chi connectivity index (χ2v) is 6.55. The molecule has 0 aromatic carbocycles. The number of nitrogens with zero attached hydrogens (tertiary/aromatic N) is 3. The molecule has 150 valence electrons. The molecule has 0 radical (unpaired) electrons. The lowest BCUT2D eigenvalue weighted by atomic mass is 9.86. The number of hydrogen-bond donors (Lipinski definition) is 0. The van der Waals surface area contributed by atoms with E-state index in [0.29, 0.717) is 18.8 Å². The molecule has 1 saturated heterocycles. The van der Waals surface area contributed by atoms with Crippen LogP contribution in [0.25, 0.3) is 5.57 Å². The first-order valence-electron chi connectivity index (χ1n) is 8.93. The fourth-order valence-corrected chi connectivity index (χ4v) is 3.47. The number of piperidine rings is 1. The maximum absolute atomic E-state index is 12.7. The summed E-state index contributed by atoms with van der Waals surface area (Å²) in [6.07, 6.45) is 3.68. The summed E-state index contributed by atoms with van der Waals surface area (Å²) >= 11 is 0. The third kappa shape index (κ3) is 4.37. The van der Waals surface area contributed by atoms with Crippen molar-refractivity contribution in [3.8, 4) is 5.75 Å². The Bertz CT molecular complexity index is 814. The SMILES string of the molecule is CO/C=C(/c1cnccc1OC)C1CCN(c2ccc(C(F)(F)F)nc2)CC1. The number of ether oxygens (including phenoxy) is 2. The van der Waals surface area contributed by atoms with Crippen LogP contribution in [0.5, 0.6) is 5.75 Å². The van der Waals surface area contributed by atoms with Crippen molar-refractivity contribution < 1.29 is 22.6 Å². The second-order valence-electron chi connectivity index (χ2n) is 6.55. The molecule has 0 aliphatic carbocycles. The van der Waals surface area contributed by atoms with Crippen LogP contribution >= 0.6 is 0 Å². The third-order valence-corrected chi connectivity index (χ3v) is 4.90. The van der Waals surface area contributed by atoms with Crippen LogP contribution in [0.1, 0.15) is 24.1 Å². The fourth-order valence-electron chi connectivity index (χ4n) is 3.47. The average molecular weight is 393 g/mol. The van der Waals surface area contributed by atoms with Crippen LogP contribution in [0.4, 0.5) is 18.9 Å². The number of methoxy groups -OCH3 is 2. The Morgan fingerprint density at radius 2 is 1.89 bits per heavy atom. The zero-order chi connectivity index (χ0) is 20.1. The number of halogens is 3. The van der Waals surface area contributed by atoms with Gasteiger partial charge in [-0.25, -0.2) is 4.98 Å². The van der Waals surface area contributed by atoms with Gasteiger partial charge in [-0.05, 0) is 37.0 Å². The summed E-state index contributed by atoms with van der Waals surface area (Å²) in [4.78, 5) is 9.80. The molecule has 1 fully saturated rings. The summed E-state index contributed by atoms with van der Waals surface area (Å²) in [5.41, 5.74) is 1.72. The van der Waals surface area contributed by atoms with Crippen molar-refractivity contribution in [2.75, 3.05) is 32.2 Å². The summed E-state index contributed by atoms with van der Waals surface area (Å²) in [5, 5.41) is 0. The van der Waals surface area contributed by atoms with E-state index < -0.39 is 11.9 Å². The highest BCUT2D eigenvalue weighted by molar-refractivity contribution is 5.71. The number of rotatable bonds is 5. The Balaban J connectivity index is 1.72. The summed E-state index contributed by atoms with van der Waals surface area (Å²) in [7, 11) is 3.22. The van der Waals surface area contributed by atoms with Gasteiger partial charge in [-0.15, -0.1) is 0 Å². The van der Waals surface area contributed by atoms with Crippen molar-refractivity contribution >= 4 is 11.3 Å². The maximum atomic E-state index is 12.7. The van der Waals surface area contributed by atoms with Crippen LogP contribution in [-0.4, -0.2) is 37.3 Å². The average Bonchev–Trinajstić information content (AvgIpc) is 2.72. The van der Waals surface area contributed by atoms with Crippen molar-refractivity contribution in [1.29, 1.82) is 0 Å². The molecule has 0 amide bonds. The molecular formula is C20H22F3N3O2. The van der Waals surface area contributed by atoms with Gasteiger partial charge in [0.15, 0.2) is 0 Å². The van der Waals surface area contributed by atoms with Crippen LogP contribution < -0.4 is 9.64 Å². The number of alkyl halides is 3. The first kappa shape index (κ1) is 20.0. The van der Waals surface area contributed by atoms with Crippen LogP contribution in [0.15, 0.2) is 43.1 Å².